The Bertz CT molecular complexity index is 1260. The van der Waals surface area contributed by atoms with E-state index in [1.165, 1.54) is 0 Å². The van der Waals surface area contributed by atoms with Gasteiger partial charge in [-0.25, -0.2) is 0 Å². The highest BCUT2D eigenvalue weighted by atomic mass is 16.2. The molecule has 8 N–H and O–H groups in total. The van der Waals surface area contributed by atoms with E-state index in [4.69, 9.17) is 0 Å². The van der Waals surface area contributed by atoms with Crippen LogP contribution >= 0.6 is 0 Å². The molecule has 16 heteroatoms. The molecule has 0 aromatic heterocycles. The summed E-state index contributed by atoms with van der Waals surface area (Å²) in [6, 6.07) is 8.10. The summed E-state index contributed by atoms with van der Waals surface area (Å²) in [5, 5.41) is 20.3. The van der Waals surface area contributed by atoms with Crippen LogP contribution < -0.4 is 42.5 Å². The van der Waals surface area contributed by atoms with Gasteiger partial charge >= 0.3 is 0 Å². The second-order valence-electron chi connectivity index (χ2n) is 10.4. The van der Waals surface area contributed by atoms with Crippen LogP contribution in [0.5, 0.6) is 0 Å². The first-order chi connectivity index (χ1) is 21.1. The summed E-state index contributed by atoms with van der Waals surface area (Å²) in [4.78, 5) is 102. The fraction of sp³-hybridized carbons (Fsp3) is 0.500. The molecule has 1 aromatic rings. The summed E-state index contributed by atoms with van der Waals surface area (Å²) in [6.45, 7) is -1.97. The Hall–Kier alpha value is -5.02. The van der Waals surface area contributed by atoms with Crippen molar-refractivity contribution in [3.63, 3.8) is 0 Å². The summed E-state index contributed by atoms with van der Waals surface area (Å²) in [7, 11) is 0. The third-order valence-electron chi connectivity index (χ3n) is 7.03. The van der Waals surface area contributed by atoms with Crippen LogP contribution in [0.25, 0.3) is 0 Å². The molecule has 8 amide bonds. The van der Waals surface area contributed by atoms with E-state index in [1.807, 2.05) is 18.2 Å². The van der Waals surface area contributed by atoms with Gasteiger partial charge in [-0.2, -0.15) is 0 Å². The van der Waals surface area contributed by atoms with Gasteiger partial charge in [0.25, 0.3) is 0 Å². The van der Waals surface area contributed by atoms with Crippen LogP contribution in [-0.2, 0) is 44.8 Å². The van der Waals surface area contributed by atoms with E-state index in [0.29, 0.717) is 0 Å². The first-order valence-corrected chi connectivity index (χ1v) is 14.3. The van der Waals surface area contributed by atoms with Crippen molar-refractivity contribution < 1.29 is 38.4 Å². The lowest BCUT2D eigenvalue weighted by molar-refractivity contribution is -0.143. The minimum absolute atomic E-state index is 0.0607. The first kappa shape index (κ1) is 33.5. The zero-order valence-electron chi connectivity index (χ0n) is 24.2. The number of amides is 8. The van der Waals surface area contributed by atoms with Gasteiger partial charge in [0.15, 0.2) is 5.41 Å². The lowest BCUT2D eigenvalue weighted by atomic mass is 9.84. The quantitative estimate of drug-likeness (QED) is 0.153. The molecule has 2 heterocycles. The normalized spacial score (nSPS) is 24.2. The molecule has 1 spiro atoms. The van der Waals surface area contributed by atoms with Crippen molar-refractivity contribution in [1.29, 1.82) is 0 Å². The third kappa shape index (κ3) is 10.4. The SMILES string of the molecule is O=C1CCNC(=O)C2(CNC(=O)CCNC(=O)CN1)CNC(=O)CCNC(=O)[C@@H](Cc1ccccc1)NC(=O)CCNC2=O. The molecule has 0 saturated carbocycles. The van der Waals surface area contributed by atoms with Gasteiger partial charge in [-0.15, -0.1) is 0 Å². The maximum absolute atomic E-state index is 13.6. The van der Waals surface area contributed by atoms with Crippen molar-refractivity contribution in [3.8, 4) is 0 Å². The van der Waals surface area contributed by atoms with Crippen LogP contribution in [0.15, 0.2) is 30.3 Å². The average molecular weight is 615 g/mol. The number of benzene rings is 1. The summed E-state index contributed by atoms with van der Waals surface area (Å²) in [5.41, 5.74) is -1.27. The average Bonchev–Trinajstić information content (AvgIpc) is 3.00. The molecule has 1 aromatic carbocycles. The Morgan fingerprint density at radius 1 is 0.545 bits per heavy atom. The number of carbonyl (C=O) groups excluding carboxylic acids is 8. The van der Waals surface area contributed by atoms with E-state index in [9.17, 15) is 38.4 Å². The Labute approximate surface area is 253 Å². The van der Waals surface area contributed by atoms with Gasteiger partial charge in [-0.3, -0.25) is 38.4 Å². The molecule has 0 radical (unpaired) electrons. The maximum atomic E-state index is 13.6. The van der Waals surface area contributed by atoms with Gasteiger partial charge in [0.05, 0.1) is 6.54 Å². The van der Waals surface area contributed by atoms with E-state index >= 15 is 0 Å². The highest BCUT2D eigenvalue weighted by Gasteiger charge is 2.46. The third-order valence-corrected chi connectivity index (χ3v) is 7.03. The van der Waals surface area contributed by atoms with Crippen molar-refractivity contribution in [2.75, 3.05) is 45.8 Å². The molecule has 2 atom stereocenters. The molecule has 1 unspecified atom stereocenters. The predicted octanol–water partition coefficient (Wildman–Crippen LogP) is -3.90. The predicted molar refractivity (Wildman–Crippen MR) is 154 cm³/mol. The van der Waals surface area contributed by atoms with Crippen LogP contribution in [0.3, 0.4) is 0 Å². The molecule has 2 saturated heterocycles. The second kappa shape index (κ2) is 16.6. The van der Waals surface area contributed by atoms with Crippen LogP contribution in [0, 0.1) is 5.41 Å². The van der Waals surface area contributed by atoms with Gasteiger partial charge in [0.1, 0.15) is 6.04 Å². The van der Waals surface area contributed by atoms with Crippen molar-refractivity contribution in [2.24, 2.45) is 5.41 Å². The zero-order valence-corrected chi connectivity index (χ0v) is 24.2. The fourth-order valence-corrected chi connectivity index (χ4v) is 4.47. The van der Waals surface area contributed by atoms with Crippen LogP contribution in [0.1, 0.15) is 31.2 Å². The van der Waals surface area contributed by atoms with E-state index in [0.717, 1.165) is 5.56 Å². The molecular weight excluding hydrogens is 576 g/mol. The number of hydrogen-bond acceptors (Lipinski definition) is 8. The molecule has 44 heavy (non-hydrogen) atoms. The number of nitrogens with one attached hydrogen (secondary N) is 8. The summed E-state index contributed by atoms with van der Waals surface area (Å²) >= 11 is 0. The van der Waals surface area contributed by atoms with Crippen LogP contribution in [-0.4, -0.2) is 99.1 Å². The molecule has 0 aliphatic carbocycles. The molecule has 0 bridgehead atoms. The molecule has 238 valence electrons. The Morgan fingerprint density at radius 3 is 1.64 bits per heavy atom. The van der Waals surface area contributed by atoms with Gasteiger partial charge in [-0.1, -0.05) is 30.3 Å². The maximum Gasteiger partial charge on any atom is 0.242 e. The van der Waals surface area contributed by atoms with Crippen LogP contribution in [0.4, 0.5) is 0 Å². The van der Waals surface area contributed by atoms with Gasteiger partial charge in [-0.05, 0) is 5.56 Å². The minimum atomic E-state index is -2.07. The Balaban J connectivity index is 1.81. The van der Waals surface area contributed by atoms with Crippen molar-refractivity contribution >= 4 is 47.3 Å². The number of carbonyl (C=O) groups is 8. The summed E-state index contributed by atoms with van der Waals surface area (Å²) < 4.78 is 0. The lowest BCUT2D eigenvalue weighted by Crippen LogP contribution is -2.62. The Kier molecular flexibility index (Phi) is 12.6. The monoisotopic (exact) mass is 614 g/mol. The topological polar surface area (TPSA) is 233 Å². The van der Waals surface area contributed by atoms with Crippen molar-refractivity contribution in [1.82, 2.24) is 42.5 Å². The molecular formula is C28H38N8O8. The highest BCUT2D eigenvalue weighted by Crippen LogP contribution is 2.18. The largest absolute Gasteiger partial charge is 0.355 e. The zero-order chi connectivity index (χ0) is 32.0. The van der Waals surface area contributed by atoms with E-state index < -0.39 is 71.8 Å². The Morgan fingerprint density at radius 2 is 1.05 bits per heavy atom. The lowest BCUT2D eigenvalue weighted by Gasteiger charge is -2.31. The van der Waals surface area contributed by atoms with E-state index in [1.54, 1.807) is 12.1 Å². The molecule has 16 nitrogen and oxygen atoms in total. The van der Waals surface area contributed by atoms with E-state index in [2.05, 4.69) is 42.5 Å². The summed E-state index contributed by atoms with van der Waals surface area (Å²) in [5.74, 6) is -4.99. The molecule has 2 aliphatic heterocycles. The highest BCUT2D eigenvalue weighted by molar-refractivity contribution is 6.06. The molecule has 2 fully saturated rings. The van der Waals surface area contributed by atoms with Crippen molar-refractivity contribution in [3.05, 3.63) is 35.9 Å². The number of rotatable bonds is 2. The van der Waals surface area contributed by atoms with Crippen LogP contribution in [0.2, 0.25) is 0 Å². The van der Waals surface area contributed by atoms with Gasteiger partial charge in [0, 0.05) is 71.4 Å². The van der Waals surface area contributed by atoms with Crippen molar-refractivity contribution in [2.45, 2.75) is 38.1 Å². The second-order valence-corrected chi connectivity index (χ2v) is 10.4. The van der Waals surface area contributed by atoms with Gasteiger partial charge in [0.2, 0.25) is 47.3 Å². The smallest absolute Gasteiger partial charge is 0.242 e. The minimum Gasteiger partial charge on any atom is -0.355 e. The number of hydrogen-bond donors (Lipinski definition) is 8. The molecule has 2 aliphatic rings. The first-order valence-electron chi connectivity index (χ1n) is 14.3. The molecule has 3 rings (SSSR count). The standard InChI is InChI=1S/C28H38N8O8/c37-20-8-12-31-26(43)28(16-34-21(38)6-10-29-24(41)15-33-20)17-35-22(39)7-11-30-25(42)19(14-18-4-2-1-3-5-18)36-23(40)9-13-32-27(28)44/h1-5,19H,6-17H2,(H,29,41)(H,30,42)(H,31,43)(H,32,44)(H,33,37)(H,34,38)(H,35,39)(H,36,40)/t19-,28?/m1/s1. The van der Waals surface area contributed by atoms with E-state index in [-0.39, 0.29) is 64.8 Å². The fourth-order valence-electron chi connectivity index (χ4n) is 4.47. The summed E-state index contributed by atoms with van der Waals surface area (Å²) in [6.07, 6.45) is -0.639. The van der Waals surface area contributed by atoms with Gasteiger partial charge < -0.3 is 42.5 Å².